The maximum absolute atomic E-state index is 6.60. The lowest BCUT2D eigenvalue weighted by Crippen LogP contribution is -2.14. The normalized spacial score (nSPS) is 13.3. The van der Waals surface area contributed by atoms with Gasteiger partial charge in [-0.1, -0.05) is 258 Å². The zero-order chi connectivity index (χ0) is 74.2. The predicted octanol–water partition coefficient (Wildman–Crippen LogP) is 26.7. The Morgan fingerprint density at radius 1 is 0.223 bits per heavy atom. The molecule has 23 rings (SSSR count). The third kappa shape index (κ3) is 9.61. The number of para-hydroxylation sites is 2. The van der Waals surface area contributed by atoms with Crippen LogP contribution < -0.4 is 0 Å². The molecular formula is C104H69N7O. The van der Waals surface area contributed by atoms with Gasteiger partial charge in [-0.2, -0.15) is 0 Å². The summed E-state index contributed by atoms with van der Waals surface area (Å²) in [6.07, 6.45) is 0. The third-order valence-corrected chi connectivity index (χ3v) is 24.3. The average Bonchev–Trinajstić information content (AvgIpc) is 1.55. The molecule has 0 N–H and O–H groups in total. The van der Waals surface area contributed by atoms with Gasteiger partial charge in [0.05, 0.1) is 55.9 Å². The van der Waals surface area contributed by atoms with Gasteiger partial charge in [0.15, 0.2) is 11.6 Å². The quantitative estimate of drug-likeness (QED) is 0.136. The Hall–Kier alpha value is -14.3. The topological polar surface area (TPSA) is 79.5 Å². The molecule has 526 valence electrons. The predicted molar refractivity (Wildman–Crippen MR) is 461 cm³/mol. The molecule has 0 saturated carbocycles. The number of hydrogen-bond donors (Lipinski definition) is 0. The summed E-state index contributed by atoms with van der Waals surface area (Å²) in [5.74, 6) is 1.33. The van der Waals surface area contributed by atoms with E-state index in [-0.39, 0.29) is 10.8 Å². The number of hydrogen-bond acceptors (Lipinski definition) is 5. The minimum atomic E-state index is -0.227. The first-order chi connectivity index (χ1) is 55.0. The Bertz CT molecular complexity index is 7450. The molecule has 21 aromatic rings. The largest absolute Gasteiger partial charge is 0.456 e. The molecule has 2 aliphatic carbocycles. The van der Waals surface area contributed by atoms with E-state index in [2.05, 4.69) is 357 Å². The molecule has 0 fully saturated rings. The zero-order valence-electron chi connectivity index (χ0n) is 61.9. The molecule has 8 nitrogen and oxygen atoms in total. The van der Waals surface area contributed by atoms with Crippen LogP contribution in [0.25, 0.3) is 206 Å². The maximum atomic E-state index is 6.60. The molecule has 0 bridgehead atoms. The van der Waals surface area contributed by atoms with Crippen LogP contribution in [0, 0.1) is 0 Å². The summed E-state index contributed by atoms with van der Waals surface area (Å²) in [7, 11) is 0. The molecule has 6 aromatic heterocycles. The van der Waals surface area contributed by atoms with Crippen LogP contribution in [0.5, 0.6) is 0 Å². The van der Waals surface area contributed by atoms with E-state index >= 15 is 0 Å². The minimum Gasteiger partial charge on any atom is -0.456 e. The third-order valence-electron chi connectivity index (χ3n) is 24.3. The summed E-state index contributed by atoms with van der Waals surface area (Å²) < 4.78 is 14.0. The van der Waals surface area contributed by atoms with E-state index in [1.165, 1.54) is 60.7 Å². The molecule has 6 heterocycles. The molecule has 0 radical (unpaired) electrons. The van der Waals surface area contributed by atoms with Crippen molar-refractivity contribution in [1.82, 2.24) is 33.6 Å². The molecule has 0 saturated heterocycles. The molecule has 0 amide bonds. The molecule has 0 spiro atoms. The highest BCUT2D eigenvalue weighted by Crippen LogP contribution is 2.54. The highest BCUT2D eigenvalue weighted by Gasteiger charge is 2.38. The molecule has 0 unspecified atom stereocenters. The first-order valence-corrected chi connectivity index (χ1v) is 38.6. The van der Waals surface area contributed by atoms with Gasteiger partial charge in [0.25, 0.3) is 0 Å². The van der Waals surface area contributed by atoms with Crippen LogP contribution in [-0.2, 0) is 10.8 Å². The van der Waals surface area contributed by atoms with E-state index in [9.17, 15) is 0 Å². The monoisotopic (exact) mass is 1430 g/mol. The smallest absolute Gasteiger partial charge is 0.160 e. The van der Waals surface area contributed by atoms with Crippen LogP contribution in [0.15, 0.2) is 350 Å². The lowest BCUT2D eigenvalue weighted by Gasteiger charge is -2.21. The van der Waals surface area contributed by atoms with Gasteiger partial charge in [-0.15, -0.1) is 0 Å². The summed E-state index contributed by atoms with van der Waals surface area (Å²) in [6, 6.07) is 126. The lowest BCUT2D eigenvalue weighted by atomic mass is 9.82. The second-order valence-electron chi connectivity index (χ2n) is 31.3. The van der Waals surface area contributed by atoms with Crippen molar-refractivity contribution >= 4 is 87.4 Å². The van der Waals surface area contributed by atoms with E-state index in [1.807, 2.05) is 30.3 Å². The van der Waals surface area contributed by atoms with Crippen molar-refractivity contribution in [3.63, 3.8) is 0 Å². The van der Waals surface area contributed by atoms with Crippen LogP contribution >= 0.6 is 0 Å². The Morgan fingerprint density at radius 2 is 0.625 bits per heavy atom. The molecule has 2 aliphatic rings. The van der Waals surface area contributed by atoms with Crippen LogP contribution in [0.3, 0.4) is 0 Å². The minimum absolute atomic E-state index is 0.183. The van der Waals surface area contributed by atoms with Crippen LogP contribution in [-0.4, -0.2) is 33.6 Å². The fourth-order valence-corrected chi connectivity index (χ4v) is 18.8. The summed E-state index contributed by atoms with van der Waals surface area (Å²) in [6.45, 7) is 9.47. The maximum Gasteiger partial charge on any atom is 0.160 e. The van der Waals surface area contributed by atoms with Gasteiger partial charge >= 0.3 is 0 Å². The van der Waals surface area contributed by atoms with Crippen molar-refractivity contribution < 1.29 is 4.42 Å². The Labute approximate surface area is 646 Å². The molecule has 0 atom stereocenters. The second kappa shape index (κ2) is 24.1. The van der Waals surface area contributed by atoms with E-state index < -0.39 is 0 Å². The van der Waals surface area contributed by atoms with Gasteiger partial charge in [0.2, 0.25) is 0 Å². The van der Waals surface area contributed by atoms with Crippen molar-refractivity contribution in [1.29, 1.82) is 0 Å². The highest BCUT2D eigenvalue weighted by atomic mass is 16.3. The van der Waals surface area contributed by atoms with Gasteiger partial charge in [0, 0.05) is 104 Å². The average molecular weight is 1430 g/mol. The molecule has 112 heavy (non-hydrogen) atoms. The molecule has 0 aliphatic heterocycles. The number of aromatic nitrogens is 7. The van der Waals surface area contributed by atoms with Crippen LogP contribution in [0.2, 0.25) is 0 Å². The van der Waals surface area contributed by atoms with Crippen LogP contribution in [0.4, 0.5) is 0 Å². The van der Waals surface area contributed by atoms with Crippen molar-refractivity contribution in [3.05, 3.63) is 368 Å². The summed E-state index contributed by atoms with van der Waals surface area (Å²) in [4.78, 5) is 21.4. The zero-order valence-corrected chi connectivity index (χ0v) is 61.9. The van der Waals surface area contributed by atoms with E-state index in [0.29, 0.717) is 11.6 Å². The van der Waals surface area contributed by atoms with Gasteiger partial charge < -0.3 is 18.1 Å². The number of benzene rings is 15. The molecule has 15 aromatic carbocycles. The van der Waals surface area contributed by atoms with Crippen molar-refractivity contribution in [2.24, 2.45) is 0 Å². The second-order valence-corrected chi connectivity index (χ2v) is 31.3. The fraction of sp³-hybridized carbons (Fsp3) is 0.0577. The van der Waals surface area contributed by atoms with E-state index in [4.69, 9.17) is 24.4 Å². The van der Waals surface area contributed by atoms with Crippen molar-refractivity contribution in [2.45, 2.75) is 38.5 Å². The van der Waals surface area contributed by atoms with E-state index in [1.54, 1.807) is 0 Å². The number of rotatable bonds is 10. The Balaban J connectivity index is 0.681. The number of nitrogens with zero attached hydrogens (tertiary/aromatic N) is 7. The number of fused-ring (bicyclic) bond motifs is 18. The Morgan fingerprint density at radius 3 is 1.20 bits per heavy atom. The van der Waals surface area contributed by atoms with E-state index in [0.717, 1.165) is 156 Å². The lowest BCUT2D eigenvalue weighted by molar-refractivity contribution is 0.661. The summed E-state index contributed by atoms with van der Waals surface area (Å²) >= 11 is 0. The van der Waals surface area contributed by atoms with Gasteiger partial charge in [0.1, 0.15) is 11.2 Å². The first kappa shape index (κ1) is 63.7. The van der Waals surface area contributed by atoms with Crippen LogP contribution in [0.1, 0.15) is 49.9 Å². The molecular weight excluding hydrogens is 1360 g/mol. The summed E-state index contributed by atoms with van der Waals surface area (Å²) in [5, 5.41) is 9.23. The van der Waals surface area contributed by atoms with Crippen molar-refractivity contribution in [3.8, 4) is 118 Å². The Kier molecular flexibility index (Phi) is 13.7. The first-order valence-electron chi connectivity index (χ1n) is 38.6. The highest BCUT2D eigenvalue weighted by molar-refractivity contribution is 6.23. The summed E-state index contributed by atoms with van der Waals surface area (Å²) in [5.41, 5.74) is 33.3. The standard InChI is InChI=1S/C104H69N7O/c1-103(2)84-39-20-17-35-73(84)76-52-78-80-54-83-97(61-96(80)111(94(78)57-86(76)103)71-49-45-64(46-50-71)90-59-88(62-25-9-5-10-26-62)105-101(106-90)66-29-13-7-14-30-66)109(69-33-15-8-16-34-69)92-41-24-38-72(100(83)92)67-31-23-32-68(51-67)102-107-89(63-27-11-6-12-28-63)60-91(108-102)65-43-47-70(48-44-65)110-93-55-82-75-37-19-22-42-98(75)112-99(82)56-81(93)79-53-77-74-36-18-21-40-85(74)104(3,4)87(77)58-95(79)110/h5-61H,1-4H3. The van der Waals surface area contributed by atoms with Gasteiger partial charge in [-0.3, -0.25) is 0 Å². The molecule has 8 heteroatoms. The van der Waals surface area contributed by atoms with Gasteiger partial charge in [-0.05, 0) is 171 Å². The SMILES string of the molecule is CC1(C)c2ccccc2-c2cc3c4cc5oc6ccccc6c5cc4n(-c4ccc(-c5cc(-c6ccccc6)nc(-c6cccc(-c7cccc8c7c7cc9c%10cc%11c(cc%10n(-c%10ccc(-c%12cc(-c%13ccccc%13)nc(-c%13ccccc%13)n%12)cc%10)c9cc7n8-c7ccccc7)C(C)(C)c7ccccc7-%11)c6)n5)cc4)c3cc21. The number of furan rings is 1. The van der Waals surface area contributed by atoms with Crippen molar-refractivity contribution in [2.75, 3.05) is 0 Å². The van der Waals surface area contributed by atoms with Gasteiger partial charge in [-0.25, -0.2) is 19.9 Å². The fourth-order valence-electron chi connectivity index (χ4n) is 18.8.